The Kier molecular flexibility index (Phi) is 4.97. The molecule has 0 aliphatic carbocycles. The normalized spacial score (nSPS) is 15.3. The number of carbonyl (C=O) groups excluding carboxylic acids is 1. The topological polar surface area (TPSA) is 125 Å². The molecule has 29 heavy (non-hydrogen) atoms. The van der Waals surface area contributed by atoms with Crippen molar-refractivity contribution in [3.05, 3.63) is 52.1 Å². The molecule has 0 radical (unpaired) electrons. The third-order valence-corrected chi connectivity index (χ3v) is 5.82. The number of hydrogen-bond donors (Lipinski definition) is 0. The second kappa shape index (κ2) is 7.01. The number of hydrogen-bond acceptors (Lipinski definition) is 8. The van der Waals surface area contributed by atoms with Gasteiger partial charge in [0.15, 0.2) is 0 Å². The van der Waals surface area contributed by atoms with Gasteiger partial charge in [-0.25, -0.2) is 17.5 Å². The fraction of sp³-hybridized carbons (Fsp3) is 0.278. The fourth-order valence-electron chi connectivity index (χ4n) is 2.66. The van der Waals surface area contributed by atoms with E-state index in [2.05, 4.69) is 0 Å². The molecule has 0 fully saturated rings. The maximum absolute atomic E-state index is 12.4. The molecule has 2 aromatic carbocycles. The number of cyclic esters (lactones) is 1. The molecule has 11 heteroatoms. The van der Waals surface area contributed by atoms with Gasteiger partial charge in [-0.15, -0.1) is 0 Å². The molecule has 2 aromatic rings. The van der Waals surface area contributed by atoms with Crippen molar-refractivity contribution in [3.63, 3.8) is 0 Å². The van der Waals surface area contributed by atoms with Crippen LogP contribution in [-0.2, 0) is 14.8 Å². The lowest BCUT2D eigenvalue weighted by Gasteiger charge is -2.32. The van der Waals surface area contributed by atoms with Crippen LogP contribution in [0, 0.1) is 10.1 Å². The second-order valence-corrected chi connectivity index (χ2v) is 8.95. The highest BCUT2D eigenvalue weighted by Crippen LogP contribution is 2.41. The van der Waals surface area contributed by atoms with Crippen molar-refractivity contribution in [1.29, 1.82) is 0 Å². The third-order valence-electron chi connectivity index (χ3n) is 4.01. The molecule has 0 saturated carbocycles. The van der Waals surface area contributed by atoms with Crippen molar-refractivity contribution in [3.8, 4) is 17.2 Å². The zero-order chi connectivity index (χ0) is 21.6. The van der Waals surface area contributed by atoms with Crippen LogP contribution in [0.4, 0.5) is 5.69 Å². The summed E-state index contributed by atoms with van der Waals surface area (Å²) in [5, 5.41) is 11.5. The van der Waals surface area contributed by atoms with Crippen LogP contribution in [0.15, 0.2) is 41.3 Å². The van der Waals surface area contributed by atoms with Gasteiger partial charge in [-0.3, -0.25) is 10.1 Å². The van der Waals surface area contributed by atoms with Gasteiger partial charge in [0, 0.05) is 34.0 Å². The number of ether oxygens (including phenoxy) is 3. The molecule has 154 valence electrons. The molecule has 0 spiro atoms. The Morgan fingerprint density at radius 1 is 1.10 bits per heavy atom. The number of nitro groups is 1. The van der Waals surface area contributed by atoms with Gasteiger partial charge in [-0.05, 0) is 24.3 Å². The summed E-state index contributed by atoms with van der Waals surface area (Å²) in [5.74, 6) is -1.93. The zero-order valence-corrected chi connectivity index (χ0v) is 16.8. The van der Waals surface area contributed by atoms with Crippen LogP contribution < -0.4 is 9.47 Å². The highest BCUT2D eigenvalue weighted by Gasteiger charge is 2.36. The Balaban J connectivity index is 2.06. The summed E-state index contributed by atoms with van der Waals surface area (Å²) in [6, 6.07) is 7.77. The monoisotopic (exact) mass is 422 g/mol. The summed E-state index contributed by atoms with van der Waals surface area (Å²) in [5.41, 5.74) is -0.595. The molecule has 0 bridgehead atoms. The number of sulfonamides is 1. The molecule has 10 nitrogen and oxygen atoms in total. The summed E-state index contributed by atoms with van der Waals surface area (Å²) in [4.78, 5) is 22.9. The molecule has 0 atom stereocenters. The van der Waals surface area contributed by atoms with E-state index < -0.39 is 32.4 Å². The van der Waals surface area contributed by atoms with Gasteiger partial charge in [0.2, 0.25) is 21.6 Å². The van der Waals surface area contributed by atoms with E-state index >= 15 is 0 Å². The molecule has 0 aromatic heterocycles. The van der Waals surface area contributed by atoms with Gasteiger partial charge < -0.3 is 14.2 Å². The molecule has 3 rings (SSSR count). The molecule has 0 N–H and O–H groups in total. The van der Waals surface area contributed by atoms with Crippen molar-refractivity contribution in [2.75, 3.05) is 14.1 Å². The Labute approximate surface area is 166 Å². The molecule has 0 unspecified atom stereocenters. The maximum Gasteiger partial charge on any atom is 0.349 e. The molecule has 1 heterocycles. The first-order valence-corrected chi connectivity index (χ1v) is 9.80. The van der Waals surface area contributed by atoms with E-state index in [0.717, 1.165) is 16.4 Å². The van der Waals surface area contributed by atoms with Gasteiger partial charge in [-0.2, -0.15) is 0 Å². The minimum Gasteiger partial charge on any atom is -0.452 e. The van der Waals surface area contributed by atoms with Crippen LogP contribution in [0.1, 0.15) is 24.2 Å². The number of nitro benzene ring substituents is 1. The largest absolute Gasteiger partial charge is 0.452 e. The fourth-order valence-corrected chi connectivity index (χ4v) is 3.58. The maximum atomic E-state index is 12.4. The van der Waals surface area contributed by atoms with E-state index in [1.807, 2.05) is 0 Å². The Morgan fingerprint density at radius 2 is 1.79 bits per heavy atom. The standard InChI is InChI=1S/C18H18N2O8S/c1-18(2)27-15-7-5-6-14(16(15)17(21)28-18)26-13-9-8-11(10-12(13)20(22)23)29(24,25)19(3)4/h5-10H,1-4H3. The quantitative estimate of drug-likeness (QED) is 0.409. The van der Waals surface area contributed by atoms with E-state index in [1.54, 1.807) is 26.0 Å². The molecular formula is C18H18N2O8S. The molecule has 0 amide bonds. The lowest BCUT2D eigenvalue weighted by atomic mass is 10.1. The Hall–Kier alpha value is -3.18. The van der Waals surface area contributed by atoms with E-state index in [4.69, 9.17) is 14.2 Å². The van der Waals surface area contributed by atoms with Crippen molar-refractivity contribution in [2.45, 2.75) is 24.5 Å². The van der Waals surface area contributed by atoms with Crippen LogP contribution in [0.5, 0.6) is 17.2 Å². The first-order chi connectivity index (χ1) is 13.4. The highest BCUT2D eigenvalue weighted by molar-refractivity contribution is 7.89. The molecule has 1 aliphatic rings. The number of rotatable bonds is 5. The molecular weight excluding hydrogens is 404 g/mol. The number of esters is 1. The van der Waals surface area contributed by atoms with E-state index in [0.29, 0.717) is 0 Å². The Bertz CT molecular complexity index is 1110. The Morgan fingerprint density at radius 3 is 2.41 bits per heavy atom. The third kappa shape index (κ3) is 3.87. The molecule has 0 saturated heterocycles. The van der Waals surface area contributed by atoms with Gasteiger partial charge >= 0.3 is 11.7 Å². The predicted molar refractivity (Wildman–Crippen MR) is 101 cm³/mol. The average Bonchev–Trinajstić information content (AvgIpc) is 2.60. The summed E-state index contributed by atoms with van der Waals surface area (Å²) >= 11 is 0. The van der Waals surface area contributed by atoms with Crippen molar-refractivity contribution in [1.82, 2.24) is 4.31 Å². The zero-order valence-electron chi connectivity index (χ0n) is 16.0. The van der Waals surface area contributed by atoms with Crippen LogP contribution in [0.2, 0.25) is 0 Å². The van der Waals surface area contributed by atoms with Gasteiger partial charge in [0.25, 0.3) is 0 Å². The van der Waals surface area contributed by atoms with Crippen LogP contribution in [0.3, 0.4) is 0 Å². The lowest BCUT2D eigenvalue weighted by molar-refractivity contribution is -0.385. The minimum atomic E-state index is -3.88. The number of carbonyl (C=O) groups is 1. The lowest BCUT2D eigenvalue weighted by Crippen LogP contribution is -2.38. The summed E-state index contributed by atoms with van der Waals surface area (Å²) in [7, 11) is -1.25. The van der Waals surface area contributed by atoms with E-state index in [1.165, 1.54) is 26.2 Å². The van der Waals surface area contributed by atoms with Crippen molar-refractivity contribution < 1.29 is 32.3 Å². The van der Waals surface area contributed by atoms with E-state index in [-0.39, 0.29) is 27.7 Å². The van der Waals surface area contributed by atoms with Crippen LogP contribution >= 0.6 is 0 Å². The van der Waals surface area contributed by atoms with Crippen molar-refractivity contribution in [2.24, 2.45) is 0 Å². The minimum absolute atomic E-state index is 0.0192. The van der Waals surface area contributed by atoms with Crippen molar-refractivity contribution >= 4 is 21.7 Å². The number of benzene rings is 2. The number of fused-ring (bicyclic) bond motifs is 1. The SMILES string of the molecule is CN(C)S(=O)(=O)c1ccc(Oc2cccc3c2C(=O)OC(C)(C)O3)c([N+](=O)[O-])c1. The summed E-state index contributed by atoms with van der Waals surface area (Å²) in [6.07, 6.45) is 0. The molecule has 1 aliphatic heterocycles. The first kappa shape index (κ1) is 20.6. The first-order valence-electron chi connectivity index (χ1n) is 8.36. The van der Waals surface area contributed by atoms with Gasteiger partial charge in [-0.1, -0.05) is 6.07 Å². The van der Waals surface area contributed by atoms with Gasteiger partial charge in [0.1, 0.15) is 17.1 Å². The summed E-state index contributed by atoms with van der Waals surface area (Å²) < 4.78 is 41.8. The predicted octanol–water partition coefficient (Wildman–Crippen LogP) is 2.92. The summed E-state index contributed by atoms with van der Waals surface area (Å²) in [6.45, 7) is 3.13. The smallest absolute Gasteiger partial charge is 0.349 e. The second-order valence-electron chi connectivity index (χ2n) is 6.80. The van der Waals surface area contributed by atoms with Gasteiger partial charge in [0.05, 0.1) is 9.82 Å². The van der Waals surface area contributed by atoms with E-state index in [9.17, 15) is 23.3 Å². The average molecular weight is 422 g/mol. The van der Waals surface area contributed by atoms with Crippen LogP contribution in [0.25, 0.3) is 0 Å². The highest BCUT2D eigenvalue weighted by atomic mass is 32.2. The number of nitrogens with zero attached hydrogens (tertiary/aromatic N) is 2. The van der Waals surface area contributed by atoms with Crippen LogP contribution in [-0.4, -0.2) is 43.5 Å².